The van der Waals surface area contributed by atoms with Crippen LogP contribution in [-0.4, -0.2) is 36.0 Å². The highest BCUT2D eigenvalue weighted by atomic mass is 32.2. The van der Waals surface area contributed by atoms with Crippen LogP contribution in [-0.2, 0) is 4.79 Å². The highest BCUT2D eigenvalue weighted by Crippen LogP contribution is 2.33. The first-order chi connectivity index (χ1) is 12.6. The molecule has 2 aromatic carbocycles. The first kappa shape index (κ1) is 18.3. The number of anilines is 1. The third-order valence-corrected chi connectivity index (χ3v) is 5.20. The molecule has 1 N–H and O–H groups in total. The van der Waals surface area contributed by atoms with Gasteiger partial charge in [-0.15, -0.1) is 0 Å². The van der Waals surface area contributed by atoms with Crippen molar-refractivity contribution in [2.24, 2.45) is 0 Å². The molecule has 1 aliphatic heterocycles. The van der Waals surface area contributed by atoms with Crippen LogP contribution in [0.25, 0.3) is 6.08 Å². The molecule has 0 unspecified atom stereocenters. The SMILES string of the molecule is COc1ccc(/C=C2/SC(=S)N(CNc3ccccc3OC)C2=O)cc1. The van der Waals surface area contributed by atoms with Gasteiger partial charge in [-0.1, -0.05) is 48.2 Å². The van der Waals surface area contributed by atoms with E-state index in [2.05, 4.69) is 5.32 Å². The molecule has 26 heavy (non-hydrogen) atoms. The highest BCUT2D eigenvalue weighted by Gasteiger charge is 2.31. The molecule has 1 amide bonds. The summed E-state index contributed by atoms with van der Waals surface area (Å²) in [6.45, 7) is 0.283. The summed E-state index contributed by atoms with van der Waals surface area (Å²) in [5.41, 5.74) is 1.73. The van der Waals surface area contributed by atoms with Crippen molar-refractivity contribution in [3.63, 3.8) is 0 Å². The minimum Gasteiger partial charge on any atom is -0.497 e. The van der Waals surface area contributed by atoms with Gasteiger partial charge in [0.1, 0.15) is 15.8 Å². The average molecular weight is 386 g/mol. The quantitative estimate of drug-likeness (QED) is 0.599. The number of para-hydroxylation sites is 2. The molecular formula is C19H18N2O3S2. The molecule has 0 spiro atoms. The Kier molecular flexibility index (Phi) is 5.80. The molecule has 3 rings (SSSR count). The lowest BCUT2D eigenvalue weighted by Gasteiger charge is -2.17. The maximum atomic E-state index is 12.7. The average Bonchev–Trinajstić information content (AvgIpc) is 2.94. The van der Waals surface area contributed by atoms with Gasteiger partial charge in [-0.25, -0.2) is 0 Å². The smallest absolute Gasteiger partial charge is 0.267 e. The van der Waals surface area contributed by atoms with Gasteiger partial charge < -0.3 is 14.8 Å². The predicted molar refractivity (Wildman–Crippen MR) is 109 cm³/mol. The van der Waals surface area contributed by atoms with E-state index in [1.54, 1.807) is 19.1 Å². The van der Waals surface area contributed by atoms with Gasteiger partial charge in [-0.3, -0.25) is 9.69 Å². The number of benzene rings is 2. The van der Waals surface area contributed by atoms with E-state index in [1.807, 2.05) is 54.6 Å². The van der Waals surface area contributed by atoms with E-state index in [4.69, 9.17) is 21.7 Å². The molecule has 0 bridgehead atoms. The fraction of sp³-hybridized carbons (Fsp3) is 0.158. The number of thiocarbonyl (C=S) groups is 1. The van der Waals surface area contributed by atoms with Crippen LogP contribution in [0.4, 0.5) is 5.69 Å². The molecule has 1 saturated heterocycles. The van der Waals surface area contributed by atoms with Crippen molar-refractivity contribution in [1.29, 1.82) is 0 Å². The Morgan fingerprint density at radius 3 is 2.54 bits per heavy atom. The summed E-state index contributed by atoms with van der Waals surface area (Å²) < 4.78 is 11.0. The fourth-order valence-electron chi connectivity index (χ4n) is 2.44. The zero-order valence-corrected chi connectivity index (χ0v) is 16.0. The number of rotatable bonds is 6. The molecule has 0 atom stereocenters. The summed E-state index contributed by atoms with van der Waals surface area (Å²) in [6, 6.07) is 15.1. The summed E-state index contributed by atoms with van der Waals surface area (Å²) >= 11 is 6.66. The standard InChI is InChI=1S/C19H18N2O3S2/c1-23-14-9-7-13(8-10-14)11-17-18(22)21(19(25)26-17)12-20-15-5-3-4-6-16(15)24-2/h3-11,20H,12H2,1-2H3/b17-11+. The predicted octanol–water partition coefficient (Wildman–Crippen LogP) is 3.97. The second-order valence-electron chi connectivity index (χ2n) is 5.42. The van der Waals surface area contributed by atoms with E-state index < -0.39 is 0 Å². The van der Waals surface area contributed by atoms with E-state index in [1.165, 1.54) is 11.8 Å². The summed E-state index contributed by atoms with van der Waals surface area (Å²) in [5.74, 6) is 1.38. The molecule has 0 aliphatic carbocycles. The second kappa shape index (κ2) is 8.25. The summed E-state index contributed by atoms with van der Waals surface area (Å²) in [7, 11) is 3.23. The molecule has 0 aromatic heterocycles. The monoisotopic (exact) mass is 386 g/mol. The van der Waals surface area contributed by atoms with E-state index in [9.17, 15) is 4.79 Å². The van der Waals surface area contributed by atoms with Gasteiger partial charge in [-0.05, 0) is 35.9 Å². The Balaban J connectivity index is 1.71. The van der Waals surface area contributed by atoms with Crippen LogP contribution >= 0.6 is 24.0 Å². The zero-order chi connectivity index (χ0) is 18.5. The van der Waals surface area contributed by atoms with E-state index in [0.717, 1.165) is 17.0 Å². The van der Waals surface area contributed by atoms with Crippen LogP contribution in [0.1, 0.15) is 5.56 Å². The van der Waals surface area contributed by atoms with Gasteiger partial charge in [-0.2, -0.15) is 0 Å². The number of amides is 1. The van der Waals surface area contributed by atoms with Gasteiger partial charge in [0.2, 0.25) is 0 Å². The molecule has 0 saturated carbocycles. The number of methoxy groups -OCH3 is 2. The molecule has 2 aromatic rings. The minimum absolute atomic E-state index is 0.113. The number of carbonyl (C=O) groups excluding carboxylic acids is 1. The van der Waals surface area contributed by atoms with Crippen molar-refractivity contribution >= 4 is 46.0 Å². The first-order valence-corrected chi connectivity index (χ1v) is 9.11. The van der Waals surface area contributed by atoms with Crippen LogP contribution in [0.5, 0.6) is 11.5 Å². The van der Waals surface area contributed by atoms with Gasteiger partial charge in [0.05, 0.1) is 31.5 Å². The minimum atomic E-state index is -0.113. The Bertz CT molecular complexity index is 850. The summed E-state index contributed by atoms with van der Waals surface area (Å²) in [4.78, 5) is 14.8. The molecule has 1 heterocycles. The molecular weight excluding hydrogens is 368 g/mol. The lowest BCUT2D eigenvalue weighted by Crippen LogP contribution is -2.33. The molecule has 1 aliphatic rings. The lowest BCUT2D eigenvalue weighted by atomic mass is 10.2. The maximum Gasteiger partial charge on any atom is 0.267 e. The molecule has 7 heteroatoms. The normalized spacial score (nSPS) is 15.5. The second-order valence-corrected chi connectivity index (χ2v) is 7.09. The number of thioether (sulfide) groups is 1. The van der Waals surface area contributed by atoms with E-state index in [0.29, 0.717) is 15.0 Å². The van der Waals surface area contributed by atoms with E-state index >= 15 is 0 Å². The van der Waals surface area contributed by atoms with Crippen molar-refractivity contribution < 1.29 is 14.3 Å². The molecule has 5 nitrogen and oxygen atoms in total. The number of hydrogen-bond acceptors (Lipinski definition) is 6. The molecule has 1 fully saturated rings. The number of ether oxygens (including phenoxy) is 2. The van der Waals surface area contributed by atoms with Crippen molar-refractivity contribution in [3.05, 3.63) is 59.0 Å². The van der Waals surface area contributed by atoms with Gasteiger partial charge in [0.15, 0.2) is 0 Å². The maximum absolute atomic E-state index is 12.7. The third kappa shape index (κ3) is 4.00. The number of nitrogens with zero attached hydrogens (tertiary/aromatic N) is 1. The van der Waals surface area contributed by atoms with Crippen LogP contribution in [0.3, 0.4) is 0 Å². The summed E-state index contributed by atoms with van der Waals surface area (Å²) in [5, 5.41) is 3.20. The largest absolute Gasteiger partial charge is 0.497 e. The Labute approximate surface area is 162 Å². The third-order valence-electron chi connectivity index (χ3n) is 3.82. The number of nitrogens with one attached hydrogen (secondary N) is 1. The Morgan fingerprint density at radius 2 is 1.85 bits per heavy atom. The topological polar surface area (TPSA) is 50.8 Å². The number of carbonyl (C=O) groups is 1. The van der Waals surface area contributed by atoms with Gasteiger partial charge in [0, 0.05) is 0 Å². The van der Waals surface area contributed by atoms with Crippen LogP contribution in [0, 0.1) is 0 Å². The highest BCUT2D eigenvalue weighted by molar-refractivity contribution is 8.26. The Morgan fingerprint density at radius 1 is 1.12 bits per heavy atom. The fourth-order valence-corrected chi connectivity index (χ4v) is 3.70. The van der Waals surface area contributed by atoms with Crippen LogP contribution in [0.2, 0.25) is 0 Å². The summed E-state index contributed by atoms with van der Waals surface area (Å²) in [6.07, 6.45) is 1.84. The lowest BCUT2D eigenvalue weighted by molar-refractivity contribution is -0.121. The van der Waals surface area contributed by atoms with Crippen LogP contribution < -0.4 is 14.8 Å². The number of hydrogen-bond donors (Lipinski definition) is 1. The Hall–Kier alpha value is -2.51. The zero-order valence-electron chi connectivity index (χ0n) is 14.4. The van der Waals surface area contributed by atoms with Gasteiger partial charge >= 0.3 is 0 Å². The van der Waals surface area contributed by atoms with Crippen molar-refractivity contribution in [3.8, 4) is 11.5 Å². The van der Waals surface area contributed by atoms with Crippen molar-refractivity contribution in [2.75, 3.05) is 26.2 Å². The van der Waals surface area contributed by atoms with Crippen molar-refractivity contribution in [2.45, 2.75) is 0 Å². The molecule has 134 valence electrons. The van der Waals surface area contributed by atoms with Crippen LogP contribution in [0.15, 0.2) is 53.4 Å². The molecule has 0 radical (unpaired) electrons. The first-order valence-electron chi connectivity index (χ1n) is 7.88. The van der Waals surface area contributed by atoms with Gasteiger partial charge in [0.25, 0.3) is 5.91 Å². The van der Waals surface area contributed by atoms with E-state index in [-0.39, 0.29) is 12.6 Å². The van der Waals surface area contributed by atoms with Crippen molar-refractivity contribution in [1.82, 2.24) is 4.90 Å².